The van der Waals surface area contributed by atoms with Crippen molar-refractivity contribution in [3.8, 4) is 0 Å². The van der Waals surface area contributed by atoms with Gasteiger partial charge >= 0.3 is 6.09 Å². The molecular weight excluding hydrogens is 352 g/mol. The summed E-state index contributed by atoms with van der Waals surface area (Å²) in [5, 5.41) is 7.83. The van der Waals surface area contributed by atoms with Crippen molar-refractivity contribution in [3.05, 3.63) is 46.5 Å². The molecule has 1 amide bonds. The van der Waals surface area contributed by atoms with Gasteiger partial charge in [-0.2, -0.15) is 4.79 Å². The van der Waals surface area contributed by atoms with E-state index >= 15 is 0 Å². The predicted octanol–water partition coefficient (Wildman–Crippen LogP) is 0.0161. The lowest BCUT2D eigenvalue weighted by Crippen LogP contribution is -3.00. The number of carbonyl (C=O) groups is 1. The van der Waals surface area contributed by atoms with E-state index in [0.29, 0.717) is 24.7 Å². The minimum atomic E-state index is -0.368. The molecule has 0 saturated heterocycles. The second-order valence-electron chi connectivity index (χ2n) is 6.01. The van der Waals surface area contributed by atoms with E-state index in [2.05, 4.69) is 48.5 Å². The first-order valence-corrected chi connectivity index (χ1v) is 8.45. The van der Waals surface area contributed by atoms with Crippen LogP contribution in [-0.4, -0.2) is 24.7 Å². The zero-order valence-electron chi connectivity index (χ0n) is 15.9. The molecule has 1 aromatic heterocycles. The Morgan fingerprint density at radius 2 is 1.85 bits per heavy atom. The van der Waals surface area contributed by atoms with Gasteiger partial charge in [0.25, 0.3) is 0 Å². The van der Waals surface area contributed by atoms with Gasteiger partial charge in [-0.05, 0) is 50.5 Å². The number of primary amides is 1. The van der Waals surface area contributed by atoms with Crippen molar-refractivity contribution >= 4 is 23.4 Å². The Morgan fingerprint density at radius 3 is 2.42 bits per heavy atom. The van der Waals surface area contributed by atoms with Gasteiger partial charge in [-0.15, -0.1) is 0 Å². The molecule has 4 N–H and O–H groups in total. The highest BCUT2D eigenvalue weighted by atomic mass is 35.5. The van der Waals surface area contributed by atoms with Crippen LogP contribution in [0, 0.1) is 20.8 Å². The molecule has 0 saturated carbocycles. The minimum absolute atomic E-state index is 0. The number of aromatic nitrogens is 1. The van der Waals surface area contributed by atoms with E-state index in [4.69, 9.17) is 4.74 Å². The molecule has 1 aromatic carbocycles. The molecule has 26 heavy (non-hydrogen) atoms. The third kappa shape index (κ3) is 5.61. The molecule has 0 unspecified atom stereocenters. The number of quaternary nitrogens is 1. The Bertz CT molecular complexity index is 742. The number of anilines is 2. The van der Waals surface area contributed by atoms with Crippen molar-refractivity contribution in [1.29, 1.82) is 0 Å². The summed E-state index contributed by atoms with van der Waals surface area (Å²) < 4.78 is 4.95. The number of ether oxygens (including phenoxy) is 1. The number of carbonyl (C=O) groups excluding carboxylic acids is 1. The maximum Gasteiger partial charge on any atom is 0.517 e. The molecule has 0 fully saturated rings. The molecule has 0 spiro atoms. The molecule has 2 rings (SSSR count). The molecule has 0 bridgehead atoms. The summed E-state index contributed by atoms with van der Waals surface area (Å²) in [5.41, 5.74) is 5.79. The Morgan fingerprint density at radius 1 is 1.19 bits per heavy atom. The summed E-state index contributed by atoms with van der Waals surface area (Å²) >= 11 is 0. The number of aryl methyl sites for hydroxylation is 3. The van der Waals surface area contributed by atoms with Crippen LogP contribution in [0.4, 0.5) is 22.1 Å². The average Bonchev–Trinajstić information content (AvgIpc) is 2.55. The van der Waals surface area contributed by atoms with Crippen LogP contribution in [0.15, 0.2) is 24.3 Å². The van der Waals surface area contributed by atoms with Crippen LogP contribution in [0.25, 0.3) is 0 Å². The van der Waals surface area contributed by atoms with E-state index in [-0.39, 0.29) is 18.5 Å². The Hall–Kier alpha value is -2.31. The van der Waals surface area contributed by atoms with Crippen molar-refractivity contribution in [2.24, 2.45) is 0 Å². The van der Waals surface area contributed by atoms with E-state index in [1.54, 1.807) is 14.0 Å². The molecular formula is C19H27ClN4O2. The second-order valence-corrected chi connectivity index (χ2v) is 6.01. The molecule has 142 valence electrons. The third-order valence-electron chi connectivity index (χ3n) is 4.01. The predicted molar refractivity (Wildman–Crippen MR) is 100 cm³/mol. The number of pyridine rings is 1. The third-order valence-corrected chi connectivity index (χ3v) is 4.01. The molecule has 7 heteroatoms. The van der Waals surface area contributed by atoms with Crippen molar-refractivity contribution in [1.82, 2.24) is 4.98 Å². The van der Waals surface area contributed by atoms with E-state index < -0.39 is 0 Å². The van der Waals surface area contributed by atoms with Crippen LogP contribution in [0.3, 0.4) is 0 Å². The lowest BCUT2D eigenvalue weighted by atomic mass is 10.00. The van der Waals surface area contributed by atoms with Crippen molar-refractivity contribution in [2.45, 2.75) is 34.2 Å². The Kier molecular flexibility index (Phi) is 8.35. The lowest BCUT2D eigenvalue weighted by Gasteiger charge is -2.14. The van der Waals surface area contributed by atoms with Gasteiger partial charge in [0.1, 0.15) is 5.82 Å². The van der Waals surface area contributed by atoms with E-state index in [1.807, 2.05) is 12.1 Å². The van der Waals surface area contributed by atoms with Crippen LogP contribution < -0.4 is 28.4 Å². The summed E-state index contributed by atoms with van der Waals surface area (Å²) in [7, 11) is 1.78. The Balaban J connectivity index is 0.00000338. The monoisotopic (exact) mass is 378 g/mol. The van der Waals surface area contributed by atoms with Gasteiger partial charge in [0.2, 0.25) is 0 Å². The number of benzene rings is 1. The number of nitrogens with two attached hydrogens (primary N) is 1. The second kappa shape index (κ2) is 9.99. The number of rotatable bonds is 6. The van der Waals surface area contributed by atoms with Gasteiger partial charge < -0.3 is 27.8 Å². The number of hydrogen-bond acceptors (Lipinski definition) is 5. The fourth-order valence-electron chi connectivity index (χ4n) is 2.86. The molecule has 0 aliphatic rings. The first kappa shape index (κ1) is 21.7. The summed E-state index contributed by atoms with van der Waals surface area (Å²) in [6.45, 7) is 9.20. The van der Waals surface area contributed by atoms with Crippen molar-refractivity contribution in [3.63, 3.8) is 0 Å². The molecule has 0 radical (unpaired) electrons. The van der Waals surface area contributed by atoms with Gasteiger partial charge in [-0.1, -0.05) is 17.7 Å². The first-order chi connectivity index (χ1) is 11.9. The first-order valence-electron chi connectivity index (χ1n) is 8.45. The zero-order valence-corrected chi connectivity index (χ0v) is 16.7. The topological polar surface area (TPSA) is 79.9 Å². The molecule has 1 heterocycles. The summed E-state index contributed by atoms with van der Waals surface area (Å²) in [4.78, 5) is 16.2. The lowest BCUT2D eigenvalue weighted by molar-refractivity contribution is -0.482. The smallest absolute Gasteiger partial charge is 0.517 e. The minimum Gasteiger partial charge on any atom is -1.00 e. The van der Waals surface area contributed by atoms with E-state index in [9.17, 15) is 4.79 Å². The van der Waals surface area contributed by atoms with E-state index in [1.165, 1.54) is 27.6 Å². The fourth-order valence-corrected chi connectivity index (χ4v) is 2.86. The average molecular weight is 379 g/mol. The van der Waals surface area contributed by atoms with Crippen LogP contribution in [0.1, 0.15) is 29.2 Å². The van der Waals surface area contributed by atoms with Gasteiger partial charge in [0.05, 0.1) is 6.61 Å². The summed E-state index contributed by atoms with van der Waals surface area (Å²) in [6, 6.07) is 8.10. The highest BCUT2D eigenvalue weighted by molar-refractivity contribution is 5.66. The van der Waals surface area contributed by atoms with Crippen molar-refractivity contribution in [2.75, 3.05) is 24.3 Å². The number of amides is 1. The van der Waals surface area contributed by atoms with Gasteiger partial charge in [0.15, 0.2) is 11.5 Å². The van der Waals surface area contributed by atoms with Gasteiger partial charge in [0, 0.05) is 19.7 Å². The molecule has 6 nitrogen and oxygen atoms in total. The number of halogens is 1. The van der Waals surface area contributed by atoms with E-state index in [0.717, 1.165) is 5.82 Å². The van der Waals surface area contributed by atoms with Crippen LogP contribution in [0.2, 0.25) is 0 Å². The van der Waals surface area contributed by atoms with Crippen LogP contribution in [0.5, 0.6) is 0 Å². The maximum atomic E-state index is 11.6. The van der Waals surface area contributed by atoms with Crippen LogP contribution >= 0.6 is 0 Å². The molecule has 0 aliphatic carbocycles. The molecule has 2 aromatic rings. The standard InChI is InChI=1S/C19H26N4O2.ClH/c1-6-25-19(24)22-16-7-8-17(23-18(16)20-5)21-11-15-13(3)9-12(2)10-14(15)4;/h7-10H,6,11H2,1-5H3,(H,22,24)(H2,20,21,23);1H. The highest BCUT2D eigenvalue weighted by Gasteiger charge is 2.14. The van der Waals surface area contributed by atoms with Crippen LogP contribution in [-0.2, 0) is 11.3 Å². The summed E-state index contributed by atoms with van der Waals surface area (Å²) in [6.07, 6.45) is -0.368. The SMILES string of the molecule is CCOC(=O)[NH2+]c1ccc(NCc2c(C)cc(C)cc2C)nc1NC.[Cl-]. The highest BCUT2D eigenvalue weighted by Crippen LogP contribution is 2.20. The molecule has 0 atom stereocenters. The zero-order chi connectivity index (χ0) is 18.4. The maximum absolute atomic E-state index is 11.6. The fraction of sp³-hybridized carbons (Fsp3) is 0.368. The number of hydrogen-bond donors (Lipinski definition) is 3. The number of nitrogens with one attached hydrogen (secondary N) is 2. The Labute approximate surface area is 161 Å². The van der Waals surface area contributed by atoms with Gasteiger partial charge in [-0.3, -0.25) is 0 Å². The normalized spacial score (nSPS) is 10.0. The van der Waals surface area contributed by atoms with Gasteiger partial charge in [-0.25, -0.2) is 10.3 Å². The van der Waals surface area contributed by atoms with Crippen molar-refractivity contribution < 1.29 is 27.3 Å². The summed E-state index contributed by atoms with van der Waals surface area (Å²) in [5.74, 6) is 1.39. The number of nitrogens with zero attached hydrogens (tertiary/aromatic N) is 1. The largest absolute Gasteiger partial charge is 1.00 e. The quantitative estimate of drug-likeness (QED) is 0.660. The molecule has 0 aliphatic heterocycles.